The van der Waals surface area contributed by atoms with Crippen molar-refractivity contribution in [1.29, 1.82) is 0 Å². The Bertz CT molecular complexity index is 416. The van der Waals surface area contributed by atoms with Gasteiger partial charge in [0.05, 0.1) is 13.2 Å². The highest BCUT2D eigenvalue weighted by Crippen LogP contribution is 2.66. The molecule has 0 spiro atoms. The van der Waals surface area contributed by atoms with Crippen molar-refractivity contribution in [3.05, 3.63) is 0 Å². The number of hydrogen-bond donors (Lipinski definition) is 3. The molecule has 3 atom stereocenters. The summed E-state index contributed by atoms with van der Waals surface area (Å²) in [5.41, 5.74) is -1.82. The molecule has 21 heavy (non-hydrogen) atoms. The van der Waals surface area contributed by atoms with E-state index in [0.717, 1.165) is 7.11 Å². The molecule has 1 amide bonds. The van der Waals surface area contributed by atoms with Crippen molar-refractivity contribution in [2.24, 2.45) is 0 Å². The Labute approximate surface area is 124 Å². The fourth-order valence-electron chi connectivity index (χ4n) is 1.45. The fourth-order valence-corrected chi connectivity index (χ4v) is 5.49. The Morgan fingerprint density at radius 2 is 1.81 bits per heavy atom. The number of carbonyl (C=O) groups excluding carboxylic acids is 1. The van der Waals surface area contributed by atoms with Crippen molar-refractivity contribution in [3.8, 4) is 0 Å². The van der Waals surface area contributed by atoms with Gasteiger partial charge in [-0.1, -0.05) is 0 Å². The molecule has 0 aliphatic carbocycles. The predicted molar refractivity (Wildman–Crippen MR) is 75.9 cm³/mol. The van der Waals surface area contributed by atoms with Crippen LogP contribution < -0.4 is 5.32 Å². The number of rotatable bonds is 11. The number of hydrogen-bond acceptors (Lipinski definition) is 7. The van der Waals surface area contributed by atoms with Crippen LogP contribution >= 0.6 is 15.2 Å². The van der Waals surface area contributed by atoms with Gasteiger partial charge < -0.3 is 28.9 Å². The van der Waals surface area contributed by atoms with Crippen LogP contribution in [0.1, 0.15) is 26.7 Å². The van der Waals surface area contributed by atoms with Gasteiger partial charge in [-0.2, -0.15) is 0 Å². The van der Waals surface area contributed by atoms with Crippen molar-refractivity contribution < 1.29 is 37.5 Å². The van der Waals surface area contributed by atoms with Crippen LogP contribution in [0.5, 0.6) is 0 Å². The maximum Gasteiger partial charge on any atom is 0.365 e. The van der Waals surface area contributed by atoms with Crippen LogP contribution in [0.3, 0.4) is 0 Å². The third kappa shape index (κ3) is 6.57. The van der Waals surface area contributed by atoms with Crippen molar-refractivity contribution in [2.45, 2.75) is 32.2 Å². The van der Waals surface area contributed by atoms with Crippen molar-refractivity contribution >= 4 is 21.1 Å². The van der Waals surface area contributed by atoms with Gasteiger partial charge in [0.1, 0.15) is 0 Å². The molecule has 11 heteroatoms. The van der Waals surface area contributed by atoms with Gasteiger partial charge in [0.25, 0.3) is 0 Å². The number of aliphatic hydroxyl groups excluding tert-OH is 1. The lowest BCUT2D eigenvalue weighted by Crippen LogP contribution is -2.36. The zero-order valence-electron chi connectivity index (χ0n) is 12.4. The Balaban J connectivity index is 5.32. The SMILES string of the molecule is CCOP(=O)(O)C(NC(=O)CCCO)P(=O)(OC)OCC. The van der Waals surface area contributed by atoms with Gasteiger partial charge in [-0.15, -0.1) is 0 Å². The molecule has 126 valence electrons. The smallest absolute Gasteiger partial charge is 0.365 e. The van der Waals surface area contributed by atoms with Crippen molar-refractivity contribution in [2.75, 3.05) is 26.9 Å². The molecule has 0 rings (SSSR count). The van der Waals surface area contributed by atoms with E-state index in [4.69, 9.17) is 18.7 Å². The minimum Gasteiger partial charge on any atom is -0.396 e. The molecule has 0 bridgehead atoms. The third-order valence-corrected chi connectivity index (χ3v) is 7.29. The topological polar surface area (TPSA) is 131 Å². The number of aliphatic hydroxyl groups is 1. The minimum atomic E-state index is -4.46. The first-order valence-corrected chi connectivity index (χ1v) is 9.70. The lowest BCUT2D eigenvalue weighted by molar-refractivity contribution is -0.121. The van der Waals surface area contributed by atoms with Crippen molar-refractivity contribution in [1.82, 2.24) is 5.32 Å². The molecule has 0 aromatic carbocycles. The van der Waals surface area contributed by atoms with E-state index in [1.54, 1.807) is 0 Å². The van der Waals surface area contributed by atoms with Gasteiger partial charge in [-0.25, -0.2) is 0 Å². The fraction of sp³-hybridized carbons (Fsp3) is 0.900. The second-order valence-electron chi connectivity index (χ2n) is 3.89. The maximum atomic E-state index is 12.5. The Morgan fingerprint density at radius 1 is 1.24 bits per heavy atom. The van der Waals surface area contributed by atoms with Crippen LogP contribution in [0.25, 0.3) is 0 Å². The molecule has 0 saturated heterocycles. The summed E-state index contributed by atoms with van der Waals surface area (Å²) >= 11 is 0. The second-order valence-corrected chi connectivity index (χ2v) is 8.42. The number of amides is 1. The summed E-state index contributed by atoms with van der Waals surface area (Å²) in [6.07, 6.45) is 0.0593. The molecule has 0 aliphatic heterocycles. The highest BCUT2D eigenvalue weighted by molar-refractivity contribution is 7.72. The number of carbonyl (C=O) groups is 1. The summed E-state index contributed by atoms with van der Waals surface area (Å²) in [6, 6.07) is 0. The zero-order chi connectivity index (χ0) is 16.5. The van der Waals surface area contributed by atoms with Crippen LogP contribution in [0.4, 0.5) is 0 Å². The lowest BCUT2D eigenvalue weighted by Gasteiger charge is -2.28. The molecule has 9 nitrogen and oxygen atoms in total. The van der Waals surface area contributed by atoms with Crippen LogP contribution in [0.2, 0.25) is 0 Å². The van der Waals surface area contributed by atoms with E-state index in [1.165, 1.54) is 13.8 Å². The predicted octanol–water partition coefficient (Wildman–Crippen LogP) is 1.26. The summed E-state index contributed by atoms with van der Waals surface area (Å²) in [6.45, 7) is 2.63. The molecule has 3 N–H and O–H groups in total. The first-order chi connectivity index (χ1) is 9.77. The van der Waals surface area contributed by atoms with E-state index in [1.807, 2.05) is 0 Å². The largest absolute Gasteiger partial charge is 0.396 e. The zero-order valence-corrected chi connectivity index (χ0v) is 14.1. The second kappa shape index (κ2) is 9.69. The van der Waals surface area contributed by atoms with Gasteiger partial charge in [0, 0.05) is 20.1 Å². The van der Waals surface area contributed by atoms with Gasteiger partial charge in [0.2, 0.25) is 11.4 Å². The molecule has 0 radical (unpaired) electrons. The third-order valence-electron chi connectivity index (χ3n) is 2.34. The molecular formula is C10H23NO8P2. The van der Waals surface area contributed by atoms with Crippen molar-refractivity contribution in [3.63, 3.8) is 0 Å². The van der Waals surface area contributed by atoms with Gasteiger partial charge in [-0.3, -0.25) is 13.9 Å². The Kier molecular flexibility index (Phi) is 9.56. The van der Waals surface area contributed by atoms with Gasteiger partial charge in [-0.05, 0) is 20.3 Å². The van der Waals surface area contributed by atoms with Crippen LogP contribution in [0, 0.1) is 0 Å². The lowest BCUT2D eigenvalue weighted by atomic mass is 10.3. The maximum absolute atomic E-state index is 12.5. The molecular weight excluding hydrogens is 324 g/mol. The van der Waals surface area contributed by atoms with Crippen LogP contribution in [-0.2, 0) is 27.5 Å². The normalized spacial score (nSPS) is 18.5. The van der Waals surface area contributed by atoms with E-state index >= 15 is 0 Å². The average molecular weight is 347 g/mol. The molecule has 0 heterocycles. The molecule has 0 aromatic rings. The highest BCUT2D eigenvalue weighted by Gasteiger charge is 2.49. The quantitative estimate of drug-likeness (QED) is 0.476. The molecule has 0 aliphatic rings. The van der Waals surface area contributed by atoms with Gasteiger partial charge in [0.15, 0.2) is 0 Å². The summed E-state index contributed by atoms with van der Waals surface area (Å²) in [7, 11) is -7.49. The molecule has 3 unspecified atom stereocenters. The molecule has 0 aromatic heterocycles. The summed E-state index contributed by atoms with van der Waals surface area (Å²) in [5.74, 6) is -0.667. The van der Waals surface area contributed by atoms with E-state index < -0.39 is 26.6 Å². The van der Waals surface area contributed by atoms with Crippen LogP contribution in [0.15, 0.2) is 0 Å². The monoisotopic (exact) mass is 347 g/mol. The minimum absolute atomic E-state index is 0.0414. The summed E-state index contributed by atoms with van der Waals surface area (Å²) in [4.78, 5) is 21.6. The molecule has 0 fully saturated rings. The molecule has 0 saturated carbocycles. The summed E-state index contributed by atoms with van der Waals surface area (Å²) in [5, 5.41) is 10.8. The number of nitrogens with one attached hydrogen (secondary N) is 1. The standard InChI is InChI=1S/C10H23NO8P2/c1-4-18-20(14,15)10(11-9(13)7-6-8-12)21(16,17-3)19-5-2/h10,12H,4-8H2,1-3H3,(H,11,13)(H,14,15). The summed E-state index contributed by atoms with van der Waals surface area (Å²) < 4.78 is 39.0. The Hall–Kier alpha value is -0.270. The van der Waals surface area contributed by atoms with E-state index in [0.29, 0.717) is 0 Å². The van der Waals surface area contributed by atoms with E-state index in [2.05, 4.69) is 5.32 Å². The van der Waals surface area contributed by atoms with E-state index in [-0.39, 0.29) is 32.7 Å². The van der Waals surface area contributed by atoms with Gasteiger partial charge >= 0.3 is 15.2 Å². The highest BCUT2D eigenvalue weighted by atomic mass is 31.2. The van der Waals surface area contributed by atoms with E-state index in [9.17, 15) is 18.8 Å². The average Bonchev–Trinajstić information content (AvgIpc) is 2.42. The van der Waals surface area contributed by atoms with Crippen LogP contribution in [-0.4, -0.2) is 48.4 Å². The first kappa shape index (κ1) is 20.7. The first-order valence-electron chi connectivity index (χ1n) is 6.44. The Morgan fingerprint density at radius 3 is 2.24 bits per heavy atom.